The monoisotopic (exact) mass is 316 g/mol. The van der Waals surface area contributed by atoms with Gasteiger partial charge in [-0.05, 0) is 42.5 Å². The van der Waals surface area contributed by atoms with Gasteiger partial charge in [-0.2, -0.15) is 0 Å². The number of carbonyl (C=O) groups excluding carboxylic acids is 1. The van der Waals surface area contributed by atoms with Crippen molar-refractivity contribution in [3.05, 3.63) is 35.1 Å². The Morgan fingerprint density at radius 2 is 2.04 bits per heavy atom. The van der Waals surface area contributed by atoms with E-state index in [-0.39, 0.29) is 5.91 Å². The highest BCUT2D eigenvalue weighted by Gasteiger charge is 2.16. The van der Waals surface area contributed by atoms with Gasteiger partial charge in [0.2, 0.25) is 5.91 Å². The molecular weight excluding hydrogens is 292 g/mol. The fraction of sp³-hybridized carbons (Fsp3) is 0.500. The molecule has 23 heavy (non-hydrogen) atoms. The third-order valence-electron chi connectivity index (χ3n) is 4.33. The van der Waals surface area contributed by atoms with Gasteiger partial charge in [0.05, 0.1) is 19.3 Å². The maximum absolute atomic E-state index is 12.1. The van der Waals surface area contributed by atoms with Gasteiger partial charge in [0.25, 0.3) is 0 Å². The molecule has 1 aliphatic rings. The van der Waals surface area contributed by atoms with Gasteiger partial charge in [0.15, 0.2) is 0 Å². The Kier molecular flexibility index (Phi) is 5.31. The lowest BCUT2D eigenvalue weighted by molar-refractivity contribution is -0.120. The van der Waals surface area contributed by atoms with E-state index in [1.165, 1.54) is 17.5 Å². The summed E-state index contributed by atoms with van der Waals surface area (Å²) < 4.78 is 10.6. The summed E-state index contributed by atoms with van der Waals surface area (Å²) >= 11 is 0. The number of benzene rings is 1. The molecule has 1 amide bonds. The summed E-state index contributed by atoms with van der Waals surface area (Å²) in [6.07, 6.45) is 5.57. The van der Waals surface area contributed by atoms with Crippen LogP contribution >= 0.6 is 0 Å². The first-order valence-corrected chi connectivity index (χ1v) is 8.26. The van der Waals surface area contributed by atoms with Crippen molar-refractivity contribution in [3.63, 3.8) is 0 Å². The Balaban J connectivity index is 1.53. The molecule has 0 aliphatic heterocycles. The molecule has 1 aromatic carbocycles. The predicted molar refractivity (Wildman–Crippen MR) is 89.7 cm³/mol. The quantitative estimate of drug-likeness (QED) is 0.729. The highest BCUT2D eigenvalue weighted by molar-refractivity contribution is 5.88. The number of fused-ring (bicyclic) bond motifs is 2. The molecule has 1 heterocycles. The van der Waals surface area contributed by atoms with Gasteiger partial charge in [-0.15, -0.1) is 0 Å². The first-order chi connectivity index (χ1) is 11.3. The van der Waals surface area contributed by atoms with Crippen LogP contribution in [0.15, 0.2) is 22.8 Å². The van der Waals surface area contributed by atoms with Crippen LogP contribution in [-0.2, 0) is 28.8 Å². The van der Waals surface area contributed by atoms with Crippen LogP contribution in [0.5, 0.6) is 0 Å². The minimum atomic E-state index is 0.0294. The maximum Gasteiger partial charge on any atom is 0.224 e. The van der Waals surface area contributed by atoms with Crippen LogP contribution in [-0.4, -0.2) is 39.3 Å². The molecule has 5 heteroatoms. The smallest absolute Gasteiger partial charge is 0.224 e. The summed E-state index contributed by atoms with van der Waals surface area (Å²) in [5, 5.41) is 7.21. The van der Waals surface area contributed by atoms with Crippen molar-refractivity contribution in [2.45, 2.75) is 25.7 Å². The second kappa shape index (κ2) is 7.62. The van der Waals surface area contributed by atoms with Crippen molar-refractivity contribution in [2.24, 2.45) is 0 Å². The van der Waals surface area contributed by atoms with Gasteiger partial charge in [0.1, 0.15) is 5.58 Å². The number of rotatable bonds is 8. The van der Waals surface area contributed by atoms with Crippen LogP contribution in [0.3, 0.4) is 0 Å². The zero-order chi connectivity index (χ0) is 16.1. The summed E-state index contributed by atoms with van der Waals surface area (Å²) in [6.45, 7) is 2.84. The number of hydrogen-bond acceptors (Lipinski definition) is 4. The molecule has 2 N–H and O–H groups in total. The summed E-state index contributed by atoms with van der Waals surface area (Å²) in [5.41, 5.74) is 4.67. The maximum atomic E-state index is 12.1. The Bertz CT molecular complexity index is 678. The fourth-order valence-corrected chi connectivity index (χ4v) is 3.11. The highest BCUT2D eigenvalue weighted by atomic mass is 16.5. The first-order valence-electron chi connectivity index (χ1n) is 8.26. The minimum absolute atomic E-state index is 0.0294. The zero-order valence-corrected chi connectivity index (χ0v) is 13.6. The summed E-state index contributed by atoms with van der Waals surface area (Å²) in [5.74, 6) is 0.0294. The molecule has 0 atom stereocenters. The van der Waals surface area contributed by atoms with Crippen LogP contribution in [0, 0.1) is 0 Å². The van der Waals surface area contributed by atoms with E-state index < -0.39 is 0 Å². The number of aryl methyl sites for hydroxylation is 2. The lowest BCUT2D eigenvalue weighted by Gasteiger charge is -2.06. The van der Waals surface area contributed by atoms with Gasteiger partial charge < -0.3 is 19.8 Å². The van der Waals surface area contributed by atoms with Gasteiger partial charge in [-0.3, -0.25) is 4.79 Å². The van der Waals surface area contributed by atoms with E-state index in [9.17, 15) is 4.79 Å². The van der Waals surface area contributed by atoms with E-state index >= 15 is 0 Å². The third-order valence-corrected chi connectivity index (χ3v) is 4.33. The van der Waals surface area contributed by atoms with E-state index in [1.54, 1.807) is 13.4 Å². The Morgan fingerprint density at radius 3 is 2.87 bits per heavy atom. The van der Waals surface area contributed by atoms with Crippen molar-refractivity contribution in [1.29, 1.82) is 0 Å². The van der Waals surface area contributed by atoms with Crippen molar-refractivity contribution in [2.75, 3.05) is 33.4 Å². The predicted octanol–water partition coefficient (Wildman–Crippen LogP) is 1.82. The summed E-state index contributed by atoms with van der Waals surface area (Å²) in [4.78, 5) is 12.1. The molecule has 0 bridgehead atoms. The summed E-state index contributed by atoms with van der Waals surface area (Å²) in [6, 6.07) is 4.34. The van der Waals surface area contributed by atoms with Gasteiger partial charge in [-0.1, -0.05) is 0 Å². The molecule has 1 aliphatic carbocycles. The lowest BCUT2D eigenvalue weighted by atomic mass is 10.0. The number of carbonyl (C=O) groups is 1. The van der Waals surface area contributed by atoms with E-state index in [0.29, 0.717) is 19.6 Å². The molecule has 2 aromatic rings. The molecule has 0 saturated heterocycles. The Morgan fingerprint density at radius 1 is 1.22 bits per heavy atom. The van der Waals surface area contributed by atoms with Crippen LogP contribution in [0.2, 0.25) is 0 Å². The average molecular weight is 316 g/mol. The molecule has 1 aromatic heterocycles. The van der Waals surface area contributed by atoms with E-state index in [4.69, 9.17) is 9.15 Å². The number of furan rings is 1. The standard InChI is InChI=1S/C18H24N2O3/c1-22-8-7-19-5-6-20-18(21)11-15-12-23-17-10-14-4-2-3-13(14)9-16(15)17/h9-10,12,19H,2-8,11H2,1H3,(H,20,21). The molecule has 0 saturated carbocycles. The highest BCUT2D eigenvalue weighted by Crippen LogP contribution is 2.30. The second-order valence-corrected chi connectivity index (χ2v) is 6.00. The second-order valence-electron chi connectivity index (χ2n) is 6.00. The third kappa shape index (κ3) is 3.92. The topological polar surface area (TPSA) is 63.5 Å². The largest absolute Gasteiger partial charge is 0.464 e. The van der Waals surface area contributed by atoms with Gasteiger partial charge in [-0.25, -0.2) is 0 Å². The van der Waals surface area contributed by atoms with E-state index in [1.807, 2.05) is 0 Å². The SMILES string of the molecule is COCCNCCNC(=O)Cc1coc2cc3c(cc12)CCC3. The number of methoxy groups -OCH3 is 1. The minimum Gasteiger partial charge on any atom is -0.464 e. The molecule has 0 radical (unpaired) electrons. The molecule has 3 rings (SSSR count). The molecule has 124 valence electrons. The lowest BCUT2D eigenvalue weighted by Crippen LogP contribution is -2.33. The normalized spacial score (nSPS) is 13.4. The van der Waals surface area contributed by atoms with Crippen molar-refractivity contribution >= 4 is 16.9 Å². The number of nitrogens with one attached hydrogen (secondary N) is 2. The Labute approximate surface area is 136 Å². The van der Waals surface area contributed by atoms with Crippen molar-refractivity contribution in [1.82, 2.24) is 10.6 Å². The zero-order valence-electron chi connectivity index (χ0n) is 13.6. The first kappa shape index (κ1) is 16.0. The van der Waals surface area contributed by atoms with E-state index in [2.05, 4.69) is 22.8 Å². The fourth-order valence-electron chi connectivity index (χ4n) is 3.11. The van der Waals surface area contributed by atoms with Crippen LogP contribution < -0.4 is 10.6 Å². The van der Waals surface area contributed by atoms with Crippen molar-refractivity contribution in [3.8, 4) is 0 Å². The number of hydrogen-bond donors (Lipinski definition) is 2. The van der Waals surface area contributed by atoms with E-state index in [0.717, 1.165) is 42.5 Å². The molecule has 0 spiro atoms. The molecular formula is C18H24N2O3. The van der Waals surface area contributed by atoms with Crippen LogP contribution in [0.4, 0.5) is 0 Å². The van der Waals surface area contributed by atoms with Gasteiger partial charge >= 0.3 is 0 Å². The number of ether oxygens (including phenoxy) is 1. The Hall–Kier alpha value is -1.85. The van der Waals surface area contributed by atoms with Crippen molar-refractivity contribution < 1.29 is 13.9 Å². The van der Waals surface area contributed by atoms with Crippen LogP contribution in [0.25, 0.3) is 11.0 Å². The average Bonchev–Trinajstić information content (AvgIpc) is 3.15. The molecule has 0 unspecified atom stereocenters. The summed E-state index contributed by atoms with van der Waals surface area (Å²) in [7, 11) is 1.67. The molecule has 0 fully saturated rings. The van der Waals surface area contributed by atoms with Crippen LogP contribution in [0.1, 0.15) is 23.1 Å². The van der Waals surface area contributed by atoms with Gasteiger partial charge in [0, 0.05) is 37.7 Å². The number of amides is 1. The molecule has 5 nitrogen and oxygen atoms in total.